The van der Waals surface area contributed by atoms with Gasteiger partial charge in [-0.15, -0.1) is 0 Å². The number of rotatable bonds is 6. The minimum atomic E-state index is -1.64. The van der Waals surface area contributed by atoms with Crippen molar-refractivity contribution in [2.24, 2.45) is 0 Å². The van der Waals surface area contributed by atoms with Crippen molar-refractivity contribution < 1.29 is 18.5 Å². The molecular weight excluding hydrogens is 471 g/mol. The van der Waals surface area contributed by atoms with Crippen LogP contribution in [-0.2, 0) is 20.3 Å². The van der Waals surface area contributed by atoms with Crippen LogP contribution in [0.5, 0.6) is 0 Å². The first-order chi connectivity index (χ1) is 15.2. The molecule has 0 aliphatic carbocycles. The molecule has 1 saturated heterocycles. The van der Waals surface area contributed by atoms with Crippen LogP contribution in [0.15, 0.2) is 47.4 Å². The molecule has 0 N–H and O–H groups in total. The monoisotopic (exact) mass is 496 g/mol. The molecule has 3 atom stereocenters. The van der Waals surface area contributed by atoms with Crippen molar-refractivity contribution in [1.82, 2.24) is 4.90 Å². The van der Waals surface area contributed by atoms with E-state index in [2.05, 4.69) is 11.8 Å². The molecule has 0 saturated carbocycles. The van der Waals surface area contributed by atoms with Crippen LogP contribution in [0.3, 0.4) is 0 Å². The van der Waals surface area contributed by atoms with Crippen LogP contribution in [0.1, 0.15) is 31.1 Å². The number of ether oxygens (including phenoxy) is 1. The minimum absolute atomic E-state index is 0.0494. The fourth-order valence-electron chi connectivity index (χ4n) is 3.82. The number of amides is 1. The van der Waals surface area contributed by atoms with Crippen molar-refractivity contribution in [2.75, 3.05) is 30.3 Å². The summed E-state index contributed by atoms with van der Waals surface area (Å²) < 4.78 is 17.3. The van der Waals surface area contributed by atoms with Gasteiger partial charge in [-0.05, 0) is 57.2 Å². The molecule has 1 fully saturated rings. The first kappa shape index (κ1) is 24.6. The Morgan fingerprint density at radius 2 is 1.84 bits per heavy atom. The maximum absolute atomic E-state index is 13.2. The van der Waals surface area contributed by atoms with Crippen LogP contribution in [-0.4, -0.2) is 58.5 Å². The first-order valence-corrected chi connectivity index (χ1v) is 12.5. The van der Waals surface area contributed by atoms with E-state index in [1.165, 1.54) is 6.07 Å². The van der Waals surface area contributed by atoms with Crippen molar-refractivity contribution in [3.63, 3.8) is 0 Å². The molecule has 9 heteroatoms. The SMILES string of the molecule is CCOC(=O)CS(=O)c1ccc(C(=O)N2CCN(c3cccc(Cl)c3)[C@H](C)[C@H]2C)cc1Cl. The molecule has 2 aromatic rings. The lowest BCUT2D eigenvalue weighted by Gasteiger charge is -2.46. The average molecular weight is 497 g/mol. The van der Waals surface area contributed by atoms with E-state index in [0.29, 0.717) is 28.6 Å². The molecule has 32 heavy (non-hydrogen) atoms. The quantitative estimate of drug-likeness (QED) is 0.554. The van der Waals surface area contributed by atoms with Crippen molar-refractivity contribution in [1.29, 1.82) is 0 Å². The van der Waals surface area contributed by atoms with Crippen LogP contribution >= 0.6 is 23.2 Å². The smallest absolute Gasteiger partial charge is 0.318 e. The van der Waals surface area contributed by atoms with Crippen LogP contribution < -0.4 is 4.90 Å². The average Bonchev–Trinajstić information content (AvgIpc) is 2.75. The number of hydrogen-bond acceptors (Lipinski definition) is 5. The second-order valence-corrected chi connectivity index (χ2v) is 9.86. The Bertz CT molecular complexity index is 1030. The molecule has 1 aliphatic rings. The van der Waals surface area contributed by atoms with Crippen LogP contribution in [0.25, 0.3) is 0 Å². The summed E-state index contributed by atoms with van der Waals surface area (Å²) in [4.78, 5) is 29.2. The van der Waals surface area contributed by atoms with Gasteiger partial charge in [0.25, 0.3) is 5.91 Å². The summed E-state index contributed by atoms with van der Waals surface area (Å²) in [5.41, 5.74) is 1.45. The predicted octanol–water partition coefficient (Wildman–Crippen LogP) is 4.40. The van der Waals surface area contributed by atoms with Crippen molar-refractivity contribution in [3.05, 3.63) is 58.1 Å². The summed E-state index contributed by atoms with van der Waals surface area (Å²) >= 11 is 12.5. The van der Waals surface area contributed by atoms with E-state index in [9.17, 15) is 13.8 Å². The standard InChI is InChI=1S/C23H26Cl2N2O4S/c1-4-31-22(28)14-32(30)21-9-8-17(12-20(21)25)23(29)27-11-10-26(15(2)16(27)3)19-7-5-6-18(24)13-19/h5-9,12-13,15-16H,4,10-11,14H2,1-3H3/t15-,16-,32?/m1/s1. The van der Waals surface area contributed by atoms with Gasteiger partial charge in [0.15, 0.2) is 0 Å². The van der Waals surface area contributed by atoms with Crippen molar-refractivity contribution >= 4 is 51.6 Å². The number of nitrogens with zero attached hydrogens (tertiary/aromatic N) is 2. The van der Waals surface area contributed by atoms with Gasteiger partial charge in [-0.2, -0.15) is 0 Å². The lowest BCUT2D eigenvalue weighted by Crippen LogP contribution is -2.59. The molecule has 1 aliphatic heterocycles. The van der Waals surface area contributed by atoms with E-state index < -0.39 is 16.8 Å². The normalized spacial score (nSPS) is 19.5. The van der Waals surface area contributed by atoms with Crippen molar-refractivity contribution in [2.45, 2.75) is 37.8 Å². The molecule has 1 unspecified atom stereocenters. The Morgan fingerprint density at radius 1 is 1.09 bits per heavy atom. The number of piperazine rings is 1. The van der Waals surface area contributed by atoms with Gasteiger partial charge in [0.05, 0.1) is 27.3 Å². The predicted molar refractivity (Wildman–Crippen MR) is 128 cm³/mol. The molecule has 6 nitrogen and oxygen atoms in total. The number of anilines is 1. The summed E-state index contributed by atoms with van der Waals surface area (Å²) in [6, 6.07) is 12.4. The number of halogens is 2. The number of benzene rings is 2. The zero-order valence-electron chi connectivity index (χ0n) is 18.2. The molecule has 0 spiro atoms. The highest BCUT2D eigenvalue weighted by atomic mass is 35.5. The van der Waals surface area contributed by atoms with Crippen LogP contribution in [0, 0.1) is 0 Å². The summed E-state index contributed by atoms with van der Waals surface area (Å²) in [5, 5.41) is 0.868. The molecule has 1 amide bonds. The third kappa shape index (κ3) is 5.45. The molecule has 0 radical (unpaired) electrons. The first-order valence-electron chi connectivity index (χ1n) is 10.4. The number of esters is 1. The van der Waals surface area contributed by atoms with Gasteiger partial charge in [-0.25, -0.2) is 0 Å². The largest absolute Gasteiger partial charge is 0.465 e. The topological polar surface area (TPSA) is 66.9 Å². The Hall–Kier alpha value is -2.09. The highest BCUT2D eigenvalue weighted by molar-refractivity contribution is 7.85. The summed E-state index contributed by atoms with van der Waals surface area (Å²) in [7, 11) is -1.64. The van der Waals surface area contributed by atoms with Gasteiger partial charge in [0.2, 0.25) is 0 Å². The van der Waals surface area contributed by atoms with Gasteiger partial charge in [0, 0.05) is 41.4 Å². The Labute approximate surface area is 200 Å². The van der Waals surface area contributed by atoms with Crippen LogP contribution in [0.2, 0.25) is 10.0 Å². The number of carbonyl (C=O) groups excluding carboxylic acids is 2. The highest BCUT2D eigenvalue weighted by Crippen LogP contribution is 2.28. The summed E-state index contributed by atoms with van der Waals surface area (Å²) in [6.07, 6.45) is 0. The molecule has 2 aromatic carbocycles. The Balaban J connectivity index is 1.73. The van der Waals surface area contributed by atoms with E-state index in [4.69, 9.17) is 27.9 Å². The number of hydrogen-bond donors (Lipinski definition) is 0. The lowest BCUT2D eigenvalue weighted by atomic mass is 10.0. The Kier molecular flexibility index (Phi) is 8.20. The molecule has 0 aromatic heterocycles. The third-order valence-corrected chi connectivity index (χ3v) is 7.65. The third-order valence-electron chi connectivity index (χ3n) is 5.64. The maximum atomic E-state index is 13.2. The van der Waals surface area contributed by atoms with Gasteiger partial charge in [-0.3, -0.25) is 13.8 Å². The second-order valence-electron chi connectivity index (χ2n) is 7.59. The fourth-order valence-corrected chi connectivity index (χ4v) is 5.39. The molecule has 3 rings (SSSR count). The van der Waals surface area contributed by atoms with Crippen LogP contribution in [0.4, 0.5) is 5.69 Å². The van der Waals surface area contributed by atoms with Gasteiger partial charge in [-0.1, -0.05) is 29.3 Å². The van der Waals surface area contributed by atoms with E-state index >= 15 is 0 Å². The molecular formula is C23H26Cl2N2O4S. The zero-order valence-corrected chi connectivity index (χ0v) is 20.5. The summed E-state index contributed by atoms with van der Waals surface area (Å²) in [5.74, 6) is -0.969. The summed E-state index contributed by atoms with van der Waals surface area (Å²) in [6.45, 7) is 7.23. The minimum Gasteiger partial charge on any atom is -0.465 e. The highest BCUT2D eigenvalue weighted by Gasteiger charge is 2.34. The number of carbonyl (C=O) groups is 2. The van der Waals surface area contributed by atoms with Gasteiger partial charge in [0.1, 0.15) is 5.75 Å². The maximum Gasteiger partial charge on any atom is 0.318 e. The fraction of sp³-hybridized carbons (Fsp3) is 0.391. The van der Waals surface area contributed by atoms with E-state index in [0.717, 1.165) is 5.69 Å². The molecule has 0 bridgehead atoms. The van der Waals surface area contributed by atoms with E-state index in [1.807, 2.05) is 36.1 Å². The van der Waals surface area contributed by atoms with E-state index in [-0.39, 0.29) is 35.4 Å². The zero-order chi connectivity index (χ0) is 23.4. The second kappa shape index (κ2) is 10.7. The van der Waals surface area contributed by atoms with Crippen molar-refractivity contribution in [3.8, 4) is 0 Å². The van der Waals surface area contributed by atoms with E-state index in [1.54, 1.807) is 19.1 Å². The van der Waals surface area contributed by atoms with Gasteiger partial charge >= 0.3 is 5.97 Å². The Morgan fingerprint density at radius 3 is 2.50 bits per heavy atom. The van der Waals surface area contributed by atoms with Gasteiger partial charge < -0.3 is 14.5 Å². The lowest BCUT2D eigenvalue weighted by molar-refractivity contribution is -0.139. The molecule has 1 heterocycles. The molecule has 172 valence electrons.